The van der Waals surface area contributed by atoms with E-state index in [1.165, 1.54) is 29.6 Å². The average Bonchev–Trinajstić information content (AvgIpc) is 2.51. The van der Waals surface area contributed by atoms with Gasteiger partial charge in [-0.05, 0) is 65.7 Å². The van der Waals surface area contributed by atoms with Crippen molar-refractivity contribution in [1.29, 1.82) is 0 Å². The lowest BCUT2D eigenvalue weighted by Crippen LogP contribution is -2.13. The summed E-state index contributed by atoms with van der Waals surface area (Å²) < 4.78 is 0. The molecule has 0 rings (SSSR count). The molecule has 0 saturated heterocycles. The van der Waals surface area contributed by atoms with Crippen LogP contribution in [0.3, 0.4) is 0 Å². The van der Waals surface area contributed by atoms with Gasteiger partial charge in [-0.15, -0.1) is 0 Å². The standard InChI is InChI=1S/C22H39NO/c1-7-11-21(5)18-22(6)15-10-13-19(3)12-9-14-20(4)16-17-24-23-8-2/h7,11-12,15-16,21,23H,8-10,13-14,17-18H2,1-6H3. The number of hydrogen-bond acceptors (Lipinski definition) is 2. The van der Waals surface area contributed by atoms with E-state index in [0.717, 1.165) is 25.8 Å². The Bertz CT molecular complexity index is 429. The average molecular weight is 334 g/mol. The van der Waals surface area contributed by atoms with E-state index in [1.807, 2.05) is 6.92 Å². The quantitative estimate of drug-likeness (QED) is 0.235. The van der Waals surface area contributed by atoms with E-state index in [0.29, 0.717) is 12.5 Å². The third kappa shape index (κ3) is 14.5. The van der Waals surface area contributed by atoms with Crippen LogP contribution in [0.1, 0.15) is 73.6 Å². The van der Waals surface area contributed by atoms with Gasteiger partial charge in [-0.3, -0.25) is 4.84 Å². The minimum absolute atomic E-state index is 0.647. The van der Waals surface area contributed by atoms with E-state index in [9.17, 15) is 0 Å². The van der Waals surface area contributed by atoms with Gasteiger partial charge in [0.2, 0.25) is 0 Å². The number of hydrogen-bond donors (Lipinski definition) is 1. The Balaban J connectivity index is 3.98. The van der Waals surface area contributed by atoms with Crippen molar-refractivity contribution in [3.63, 3.8) is 0 Å². The van der Waals surface area contributed by atoms with E-state index in [4.69, 9.17) is 4.84 Å². The maximum Gasteiger partial charge on any atom is 0.0866 e. The van der Waals surface area contributed by atoms with Gasteiger partial charge in [0.1, 0.15) is 0 Å². The van der Waals surface area contributed by atoms with Crippen LogP contribution >= 0.6 is 0 Å². The molecule has 0 bridgehead atoms. The molecule has 0 aromatic rings. The highest BCUT2D eigenvalue weighted by Gasteiger charge is 1.98. The summed E-state index contributed by atoms with van der Waals surface area (Å²) in [5.74, 6) is 0.647. The van der Waals surface area contributed by atoms with Crippen molar-refractivity contribution in [1.82, 2.24) is 5.48 Å². The molecule has 0 heterocycles. The zero-order chi connectivity index (χ0) is 18.2. The summed E-state index contributed by atoms with van der Waals surface area (Å²) in [4.78, 5) is 5.25. The molecule has 0 saturated carbocycles. The largest absolute Gasteiger partial charge is 0.298 e. The molecule has 1 N–H and O–H groups in total. The lowest BCUT2D eigenvalue weighted by molar-refractivity contribution is 0.0660. The van der Waals surface area contributed by atoms with Crippen molar-refractivity contribution < 1.29 is 4.84 Å². The maximum absolute atomic E-state index is 5.25. The Hall–Kier alpha value is -1.12. The van der Waals surface area contributed by atoms with Crippen molar-refractivity contribution >= 4 is 0 Å². The summed E-state index contributed by atoms with van der Waals surface area (Å²) >= 11 is 0. The molecule has 0 fully saturated rings. The van der Waals surface area contributed by atoms with Gasteiger partial charge in [-0.1, -0.05) is 60.9 Å². The molecular formula is C22H39NO. The third-order valence-corrected chi connectivity index (χ3v) is 3.99. The third-order valence-electron chi connectivity index (χ3n) is 3.99. The van der Waals surface area contributed by atoms with Crippen molar-refractivity contribution in [2.45, 2.75) is 73.6 Å². The predicted octanol–water partition coefficient (Wildman–Crippen LogP) is 6.53. The topological polar surface area (TPSA) is 21.3 Å². The molecule has 1 unspecified atom stereocenters. The summed E-state index contributed by atoms with van der Waals surface area (Å²) in [5.41, 5.74) is 7.26. The van der Waals surface area contributed by atoms with Gasteiger partial charge in [0, 0.05) is 6.54 Å². The highest BCUT2D eigenvalue weighted by Crippen LogP contribution is 2.15. The predicted molar refractivity (Wildman–Crippen MR) is 108 cm³/mol. The molecule has 1 atom stereocenters. The Morgan fingerprint density at radius 3 is 2.12 bits per heavy atom. The Morgan fingerprint density at radius 2 is 1.54 bits per heavy atom. The van der Waals surface area contributed by atoms with Crippen LogP contribution in [0.4, 0.5) is 0 Å². The number of nitrogens with one attached hydrogen (secondary N) is 1. The summed E-state index contributed by atoms with van der Waals surface area (Å²) in [5, 5.41) is 0. The van der Waals surface area contributed by atoms with Gasteiger partial charge in [0.05, 0.1) is 6.61 Å². The van der Waals surface area contributed by atoms with E-state index in [1.54, 1.807) is 0 Å². The van der Waals surface area contributed by atoms with Crippen LogP contribution in [-0.4, -0.2) is 13.2 Å². The van der Waals surface area contributed by atoms with E-state index in [2.05, 4.69) is 70.5 Å². The lowest BCUT2D eigenvalue weighted by atomic mass is 10.00. The molecule has 138 valence electrons. The second-order valence-corrected chi connectivity index (χ2v) is 6.74. The van der Waals surface area contributed by atoms with Crippen LogP contribution in [-0.2, 0) is 4.84 Å². The molecule has 0 spiro atoms. The van der Waals surface area contributed by atoms with Gasteiger partial charge >= 0.3 is 0 Å². The summed E-state index contributed by atoms with van der Waals surface area (Å²) in [6.45, 7) is 14.6. The smallest absolute Gasteiger partial charge is 0.0866 e. The fourth-order valence-electron chi connectivity index (χ4n) is 2.63. The van der Waals surface area contributed by atoms with Crippen molar-refractivity contribution in [3.05, 3.63) is 47.1 Å². The zero-order valence-electron chi connectivity index (χ0n) is 16.8. The summed E-state index contributed by atoms with van der Waals surface area (Å²) in [7, 11) is 0. The van der Waals surface area contributed by atoms with Gasteiger partial charge in [-0.2, -0.15) is 0 Å². The van der Waals surface area contributed by atoms with Gasteiger partial charge in [0.25, 0.3) is 0 Å². The van der Waals surface area contributed by atoms with Crippen LogP contribution in [0.2, 0.25) is 0 Å². The van der Waals surface area contributed by atoms with Crippen LogP contribution in [0.15, 0.2) is 47.1 Å². The van der Waals surface area contributed by atoms with Crippen LogP contribution in [0.25, 0.3) is 0 Å². The first-order valence-corrected chi connectivity index (χ1v) is 9.43. The molecule has 0 aromatic carbocycles. The second kappa shape index (κ2) is 15.4. The first kappa shape index (κ1) is 22.9. The normalized spacial score (nSPS) is 15.3. The molecule has 2 nitrogen and oxygen atoms in total. The molecule has 0 aliphatic heterocycles. The van der Waals surface area contributed by atoms with Crippen LogP contribution in [0, 0.1) is 5.92 Å². The van der Waals surface area contributed by atoms with E-state index < -0.39 is 0 Å². The maximum atomic E-state index is 5.25. The minimum atomic E-state index is 0.647. The SMILES string of the molecule is CC=CC(C)CC(C)=CCCC(C)=CCCC(C)=CCONCC. The van der Waals surface area contributed by atoms with E-state index >= 15 is 0 Å². The Kier molecular flexibility index (Phi) is 14.7. The zero-order valence-corrected chi connectivity index (χ0v) is 16.8. The van der Waals surface area contributed by atoms with Crippen molar-refractivity contribution in [2.75, 3.05) is 13.2 Å². The monoisotopic (exact) mass is 333 g/mol. The fourth-order valence-corrected chi connectivity index (χ4v) is 2.63. The highest BCUT2D eigenvalue weighted by molar-refractivity contribution is 5.07. The molecule has 0 aromatic heterocycles. The van der Waals surface area contributed by atoms with Gasteiger partial charge in [0.15, 0.2) is 0 Å². The number of allylic oxidation sites excluding steroid dienone is 7. The molecule has 0 aliphatic carbocycles. The molecule has 0 aliphatic rings. The number of rotatable bonds is 13. The Labute approximate surface area is 150 Å². The van der Waals surface area contributed by atoms with Crippen LogP contribution in [0.5, 0.6) is 0 Å². The van der Waals surface area contributed by atoms with Gasteiger partial charge in [-0.25, -0.2) is 5.48 Å². The van der Waals surface area contributed by atoms with Gasteiger partial charge < -0.3 is 0 Å². The molecule has 0 amide bonds. The summed E-state index contributed by atoms with van der Waals surface area (Å²) in [6.07, 6.45) is 17.1. The van der Waals surface area contributed by atoms with E-state index in [-0.39, 0.29) is 0 Å². The first-order chi connectivity index (χ1) is 11.5. The fraction of sp³-hybridized carbons (Fsp3) is 0.636. The second-order valence-electron chi connectivity index (χ2n) is 6.74. The highest BCUT2D eigenvalue weighted by atomic mass is 16.6. The van der Waals surface area contributed by atoms with Crippen molar-refractivity contribution in [3.8, 4) is 0 Å². The first-order valence-electron chi connectivity index (χ1n) is 9.43. The summed E-state index contributed by atoms with van der Waals surface area (Å²) in [6, 6.07) is 0. The number of hydroxylamine groups is 1. The molecule has 0 radical (unpaired) electrons. The Morgan fingerprint density at radius 1 is 0.958 bits per heavy atom. The van der Waals surface area contributed by atoms with Crippen LogP contribution < -0.4 is 5.48 Å². The molecular weight excluding hydrogens is 294 g/mol. The van der Waals surface area contributed by atoms with Crippen molar-refractivity contribution in [2.24, 2.45) is 5.92 Å². The molecule has 2 heteroatoms. The lowest BCUT2D eigenvalue weighted by Gasteiger charge is -2.06. The minimum Gasteiger partial charge on any atom is -0.298 e. The molecule has 24 heavy (non-hydrogen) atoms.